The highest BCUT2D eigenvalue weighted by molar-refractivity contribution is 5.87. The molecule has 0 unspecified atom stereocenters. The lowest BCUT2D eigenvalue weighted by Gasteiger charge is -2.25. The van der Waals surface area contributed by atoms with Crippen LogP contribution in [0, 0.1) is 5.41 Å². The minimum atomic E-state index is -0.964. The van der Waals surface area contributed by atoms with Gasteiger partial charge in [-0.05, 0) is 35.1 Å². The molecule has 0 aromatic heterocycles. The maximum atomic E-state index is 12.1. The van der Waals surface area contributed by atoms with Gasteiger partial charge in [0.05, 0.1) is 12.0 Å². The Labute approximate surface area is 142 Å². The first-order valence-electron chi connectivity index (χ1n) is 7.99. The summed E-state index contributed by atoms with van der Waals surface area (Å²) in [6, 6.07) is 16.6. The molecular weight excluding hydrogens is 302 g/mol. The van der Waals surface area contributed by atoms with Gasteiger partial charge in [0.25, 0.3) is 0 Å². The van der Waals surface area contributed by atoms with E-state index in [-0.39, 0.29) is 23.3 Å². The molecule has 0 aliphatic heterocycles. The Morgan fingerprint density at radius 2 is 1.58 bits per heavy atom. The monoisotopic (exact) mass is 325 g/mol. The van der Waals surface area contributed by atoms with E-state index in [2.05, 4.69) is 31.3 Å². The second-order valence-corrected chi connectivity index (χ2v) is 6.78. The minimum Gasteiger partial charge on any atom is -0.478 e. The first kappa shape index (κ1) is 17.7. The zero-order chi connectivity index (χ0) is 17.6. The molecule has 4 nitrogen and oxygen atoms in total. The van der Waals surface area contributed by atoms with Crippen molar-refractivity contribution in [2.75, 3.05) is 6.54 Å². The lowest BCUT2D eigenvalue weighted by atomic mass is 9.85. The molecule has 126 valence electrons. The Bertz CT molecular complexity index is 691. The molecule has 4 heteroatoms. The summed E-state index contributed by atoms with van der Waals surface area (Å²) < 4.78 is 0. The highest BCUT2D eigenvalue weighted by Crippen LogP contribution is 2.20. The van der Waals surface area contributed by atoms with Crippen LogP contribution in [0.4, 0.5) is 0 Å². The molecule has 2 aromatic rings. The third kappa shape index (κ3) is 5.54. The van der Waals surface area contributed by atoms with Gasteiger partial charge in [0.1, 0.15) is 0 Å². The normalized spacial score (nSPS) is 11.1. The fraction of sp³-hybridized carbons (Fsp3) is 0.300. The Morgan fingerprint density at radius 1 is 0.958 bits per heavy atom. The van der Waals surface area contributed by atoms with E-state index in [0.717, 1.165) is 12.0 Å². The lowest BCUT2D eigenvalue weighted by Crippen LogP contribution is -2.36. The molecule has 24 heavy (non-hydrogen) atoms. The summed E-state index contributed by atoms with van der Waals surface area (Å²) >= 11 is 0. The summed E-state index contributed by atoms with van der Waals surface area (Å²) in [6.07, 6.45) is 1.14. The zero-order valence-electron chi connectivity index (χ0n) is 14.1. The maximum Gasteiger partial charge on any atom is 0.335 e. The number of nitrogens with one attached hydrogen (secondary N) is 1. The molecule has 0 atom stereocenters. The van der Waals surface area contributed by atoms with E-state index in [4.69, 9.17) is 5.11 Å². The summed E-state index contributed by atoms with van der Waals surface area (Å²) in [5, 5.41) is 11.8. The van der Waals surface area contributed by atoms with Gasteiger partial charge in [-0.25, -0.2) is 4.79 Å². The molecule has 0 fully saturated rings. The molecule has 0 heterocycles. The standard InChI is InChI=1S/C20H23NO3/c1-20(2,13-16-6-4-3-5-7-16)14-21-18(22)12-15-8-10-17(11-9-15)19(23)24/h3-11H,12-14H2,1-2H3,(H,21,22)(H,23,24). The average Bonchev–Trinajstić information content (AvgIpc) is 2.54. The van der Waals surface area contributed by atoms with Crippen LogP contribution < -0.4 is 5.32 Å². The smallest absolute Gasteiger partial charge is 0.335 e. The van der Waals surface area contributed by atoms with Gasteiger partial charge in [-0.2, -0.15) is 0 Å². The van der Waals surface area contributed by atoms with E-state index in [0.29, 0.717) is 6.54 Å². The van der Waals surface area contributed by atoms with Crippen LogP contribution in [-0.4, -0.2) is 23.5 Å². The van der Waals surface area contributed by atoms with Crippen molar-refractivity contribution in [2.24, 2.45) is 5.41 Å². The first-order chi connectivity index (χ1) is 11.4. The zero-order valence-corrected chi connectivity index (χ0v) is 14.1. The summed E-state index contributed by atoms with van der Waals surface area (Å²) in [5.41, 5.74) is 2.24. The number of benzene rings is 2. The quantitative estimate of drug-likeness (QED) is 0.821. The van der Waals surface area contributed by atoms with Crippen LogP contribution in [-0.2, 0) is 17.6 Å². The fourth-order valence-corrected chi connectivity index (χ4v) is 2.56. The van der Waals surface area contributed by atoms with Gasteiger partial charge in [-0.3, -0.25) is 4.79 Å². The summed E-state index contributed by atoms with van der Waals surface area (Å²) in [4.78, 5) is 22.9. The Hall–Kier alpha value is -2.62. The number of amides is 1. The SMILES string of the molecule is CC(C)(CNC(=O)Cc1ccc(C(=O)O)cc1)Cc1ccccc1. The molecule has 0 aliphatic rings. The van der Waals surface area contributed by atoms with E-state index in [1.54, 1.807) is 12.1 Å². The van der Waals surface area contributed by atoms with Crippen LogP contribution in [0.5, 0.6) is 0 Å². The number of aromatic carboxylic acids is 1. The van der Waals surface area contributed by atoms with Gasteiger partial charge in [0.15, 0.2) is 0 Å². The first-order valence-corrected chi connectivity index (χ1v) is 7.99. The predicted molar refractivity (Wildman–Crippen MR) is 94.0 cm³/mol. The van der Waals surface area contributed by atoms with Gasteiger partial charge in [0, 0.05) is 6.54 Å². The second-order valence-electron chi connectivity index (χ2n) is 6.78. The number of carbonyl (C=O) groups is 2. The van der Waals surface area contributed by atoms with Crippen molar-refractivity contribution in [3.05, 3.63) is 71.3 Å². The van der Waals surface area contributed by atoms with E-state index < -0.39 is 5.97 Å². The van der Waals surface area contributed by atoms with Crippen LogP contribution in [0.2, 0.25) is 0 Å². The van der Waals surface area contributed by atoms with E-state index in [1.807, 2.05) is 18.2 Å². The average molecular weight is 325 g/mol. The highest BCUT2D eigenvalue weighted by atomic mass is 16.4. The number of hydrogen-bond donors (Lipinski definition) is 2. The van der Waals surface area contributed by atoms with E-state index in [1.165, 1.54) is 17.7 Å². The summed E-state index contributed by atoms with van der Waals surface area (Å²) in [5.74, 6) is -1.02. The van der Waals surface area contributed by atoms with Crippen molar-refractivity contribution >= 4 is 11.9 Å². The van der Waals surface area contributed by atoms with E-state index in [9.17, 15) is 9.59 Å². The summed E-state index contributed by atoms with van der Waals surface area (Å²) in [7, 11) is 0. The molecule has 1 amide bonds. The number of hydrogen-bond acceptors (Lipinski definition) is 2. The van der Waals surface area contributed by atoms with Crippen molar-refractivity contribution < 1.29 is 14.7 Å². The van der Waals surface area contributed by atoms with Gasteiger partial charge in [0.2, 0.25) is 5.91 Å². The van der Waals surface area contributed by atoms with Crippen LogP contribution in [0.3, 0.4) is 0 Å². The van der Waals surface area contributed by atoms with Crippen molar-refractivity contribution in [3.8, 4) is 0 Å². The molecule has 2 aromatic carbocycles. The lowest BCUT2D eigenvalue weighted by molar-refractivity contribution is -0.120. The molecule has 0 saturated heterocycles. The van der Waals surface area contributed by atoms with Crippen molar-refractivity contribution in [1.29, 1.82) is 0 Å². The van der Waals surface area contributed by atoms with Crippen LogP contribution in [0.15, 0.2) is 54.6 Å². The Morgan fingerprint density at radius 3 is 2.17 bits per heavy atom. The van der Waals surface area contributed by atoms with Crippen molar-refractivity contribution in [1.82, 2.24) is 5.32 Å². The fourth-order valence-electron chi connectivity index (χ4n) is 2.56. The topological polar surface area (TPSA) is 66.4 Å². The molecule has 0 saturated carbocycles. The molecule has 0 aliphatic carbocycles. The molecular formula is C20H23NO3. The number of carbonyl (C=O) groups excluding carboxylic acids is 1. The van der Waals surface area contributed by atoms with Crippen LogP contribution in [0.25, 0.3) is 0 Å². The molecule has 0 radical (unpaired) electrons. The van der Waals surface area contributed by atoms with Gasteiger partial charge >= 0.3 is 5.97 Å². The third-order valence-electron chi connectivity index (χ3n) is 3.86. The number of rotatable bonds is 7. The van der Waals surface area contributed by atoms with Crippen LogP contribution >= 0.6 is 0 Å². The van der Waals surface area contributed by atoms with E-state index >= 15 is 0 Å². The summed E-state index contributed by atoms with van der Waals surface area (Å²) in [6.45, 7) is 4.85. The molecule has 0 bridgehead atoms. The van der Waals surface area contributed by atoms with Crippen LogP contribution in [0.1, 0.15) is 35.3 Å². The number of carboxylic acids is 1. The van der Waals surface area contributed by atoms with Gasteiger partial charge in [-0.15, -0.1) is 0 Å². The predicted octanol–water partition coefficient (Wildman–Crippen LogP) is 3.31. The Kier molecular flexibility index (Phi) is 5.74. The van der Waals surface area contributed by atoms with Gasteiger partial charge in [-0.1, -0.05) is 56.3 Å². The number of carboxylic acid groups (broad SMARTS) is 1. The maximum absolute atomic E-state index is 12.1. The highest BCUT2D eigenvalue weighted by Gasteiger charge is 2.19. The van der Waals surface area contributed by atoms with Gasteiger partial charge < -0.3 is 10.4 Å². The second kappa shape index (κ2) is 7.77. The Balaban J connectivity index is 1.84. The molecule has 0 spiro atoms. The minimum absolute atomic E-state index is 0.0375. The van der Waals surface area contributed by atoms with Crippen molar-refractivity contribution in [3.63, 3.8) is 0 Å². The largest absolute Gasteiger partial charge is 0.478 e. The molecule has 2 N–H and O–H groups in total. The van der Waals surface area contributed by atoms with Crippen molar-refractivity contribution in [2.45, 2.75) is 26.7 Å². The third-order valence-corrected chi connectivity index (χ3v) is 3.86. The molecule has 2 rings (SSSR count).